The lowest BCUT2D eigenvalue weighted by molar-refractivity contribution is -0.137. The Morgan fingerprint density at radius 3 is 2.27 bits per heavy atom. The molecule has 0 saturated heterocycles. The van der Waals surface area contributed by atoms with Gasteiger partial charge in [0.05, 0.1) is 23.2 Å². The van der Waals surface area contributed by atoms with Gasteiger partial charge in [-0.15, -0.1) is 0 Å². The van der Waals surface area contributed by atoms with Crippen molar-refractivity contribution in [2.45, 2.75) is 31.5 Å². The highest BCUT2D eigenvalue weighted by Gasteiger charge is 2.30. The molecule has 3 rings (SSSR count). The van der Waals surface area contributed by atoms with Crippen LogP contribution >= 0.6 is 0 Å². The molecule has 7 heteroatoms. The summed E-state index contributed by atoms with van der Waals surface area (Å²) in [5, 5.41) is 5.51. The Kier molecular flexibility index (Phi) is 4.97. The molecule has 136 valence electrons. The molecule has 26 heavy (non-hydrogen) atoms. The molecule has 2 aromatic rings. The number of amides is 2. The van der Waals surface area contributed by atoms with Crippen LogP contribution in [0, 0.1) is 0 Å². The quantitative estimate of drug-likeness (QED) is 0.851. The number of para-hydroxylation sites is 1. The average molecular weight is 362 g/mol. The van der Waals surface area contributed by atoms with Crippen LogP contribution in [-0.4, -0.2) is 17.9 Å². The zero-order chi connectivity index (χ0) is 18.7. The second-order valence-electron chi connectivity index (χ2n) is 6.21. The number of benzene rings is 2. The molecular weight excluding hydrogens is 345 g/mol. The Bertz CT molecular complexity index is 812. The van der Waals surface area contributed by atoms with Gasteiger partial charge in [0.25, 0.3) is 5.91 Å². The van der Waals surface area contributed by atoms with Gasteiger partial charge in [0.2, 0.25) is 5.91 Å². The minimum absolute atomic E-state index is 0.0866. The third-order valence-electron chi connectivity index (χ3n) is 4.00. The summed E-state index contributed by atoms with van der Waals surface area (Å²) in [6.45, 7) is 0. The van der Waals surface area contributed by atoms with Gasteiger partial charge in [0, 0.05) is 6.04 Å². The largest absolute Gasteiger partial charge is 0.416 e. The molecule has 1 aliphatic carbocycles. The predicted octanol–water partition coefficient (Wildman–Crippen LogP) is 3.78. The number of nitrogens with one attached hydrogen (secondary N) is 2. The average Bonchev–Trinajstić information content (AvgIpc) is 3.39. The van der Waals surface area contributed by atoms with Crippen molar-refractivity contribution < 1.29 is 22.8 Å². The molecule has 0 spiro atoms. The summed E-state index contributed by atoms with van der Waals surface area (Å²) in [5.41, 5.74) is 0.432. The van der Waals surface area contributed by atoms with Gasteiger partial charge in [-0.05, 0) is 42.7 Å². The van der Waals surface area contributed by atoms with E-state index in [1.165, 1.54) is 12.1 Å². The van der Waals surface area contributed by atoms with Crippen LogP contribution in [0.1, 0.15) is 34.3 Å². The van der Waals surface area contributed by atoms with Crippen LogP contribution in [0.4, 0.5) is 18.9 Å². The van der Waals surface area contributed by atoms with Gasteiger partial charge in [0.15, 0.2) is 0 Å². The summed E-state index contributed by atoms with van der Waals surface area (Å²) < 4.78 is 37.7. The lowest BCUT2D eigenvalue weighted by atomic mass is 10.1. The Balaban J connectivity index is 1.65. The van der Waals surface area contributed by atoms with Crippen molar-refractivity contribution in [3.05, 3.63) is 65.2 Å². The Morgan fingerprint density at radius 1 is 1.00 bits per heavy atom. The normalized spacial score (nSPS) is 14.0. The zero-order valence-corrected chi connectivity index (χ0v) is 13.8. The first-order valence-corrected chi connectivity index (χ1v) is 8.19. The molecule has 0 aliphatic heterocycles. The number of carbonyl (C=O) groups is 2. The third-order valence-corrected chi connectivity index (χ3v) is 4.00. The fourth-order valence-electron chi connectivity index (χ4n) is 2.47. The van der Waals surface area contributed by atoms with E-state index in [2.05, 4.69) is 10.6 Å². The number of rotatable bonds is 5. The fraction of sp³-hybridized carbons (Fsp3) is 0.263. The van der Waals surface area contributed by atoms with E-state index in [-0.39, 0.29) is 18.4 Å². The van der Waals surface area contributed by atoms with Gasteiger partial charge in [-0.2, -0.15) is 13.2 Å². The van der Waals surface area contributed by atoms with Crippen molar-refractivity contribution in [1.82, 2.24) is 5.32 Å². The number of anilines is 1. The summed E-state index contributed by atoms with van der Waals surface area (Å²) in [7, 11) is 0. The van der Waals surface area contributed by atoms with Crippen LogP contribution < -0.4 is 10.6 Å². The summed E-state index contributed by atoms with van der Waals surface area (Å²) >= 11 is 0. The molecule has 2 amide bonds. The van der Waals surface area contributed by atoms with Crippen molar-refractivity contribution in [2.24, 2.45) is 0 Å². The van der Waals surface area contributed by atoms with Crippen LogP contribution in [0.3, 0.4) is 0 Å². The summed E-state index contributed by atoms with van der Waals surface area (Å²) in [6, 6.07) is 11.3. The summed E-state index contributed by atoms with van der Waals surface area (Å²) in [4.78, 5) is 24.4. The summed E-state index contributed by atoms with van der Waals surface area (Å²) in [6.07, 6.45) is -2.59. The topological polar surface area (TPSA) is 58.2 Å². The standard InChI is InChI=1S/C19H17F3N2O2/c20-19(21,22)13-7-5-12(6-8-13)11-17(25)24-16-4-2-1-3-15(16)18(26)23-14-9-10-14/h1-8,14H,9-11H2,(H,23,26)(H,24,25). The first-order chi connectivity index (χ1) is 12.3. The molecular formula is C19H17F3N2O2. The molecule has 0 atom stereocenters. The highest BCUT2D eigenvalue weighted by atomic mass is 19.4. The van der Waals surface area contributed by atoms with Crippen molar-refractivity contribution in [3.8, 4) is 0 Å². The van der Waals surface area contributed by atoms with Gasteiger partial charge < -0.3 is 10.6 Å². The maximum absolute atomic E-state index is 12.6. The maximum atomic E-state index is 12.6. The van der Waals surface area contributed by atoms with Gasteiger partial charge >= 0.3 is 6.18 Å². The number of halogens is 3. The molecule has 1 saturated carbocycles. The van der Waals surface area contributed by atoms with Gasteiger partial charge in [0.1, 0.15) is 0 Å². The van der Waals surface area contributed by atoms with Gasteiger partial charge in [-0.3, -0.25) is 9.59 Å². The van der Waals surface area contributed by atoms with E-state index >= 15 is 0 Å². The number of hydrogen-bond acceptors (Lipinski definition) is 2. The molecule has 0 radical (unpaired) electrons. The van der Waals surface area contributed by atoms with Crippen molar-refractivity contribution in [2.75, 3.05) is 5.32 Å². The lowest BCUT2D eigenvalue weighted by Crippen LogP contribution is -2.27. The van der Waals surface area contributed by atoms with Crippen LogP contribution in [0.2, 0.25) is 0 Å². The Labute approximate surface area is 148 Å². The number of carbonyl (C=O) groups excluding carboxylic acids is 2. The number of hydrogen-bond donors (Lipinski definition) is 2. The molecule has 0 heterocycles. The number of alkyl halides is 3. The van der Waals surface area contributed by atoms with E-state index in [0.717, 1.165) is 25.0 Å². The zero-order valence-electron chi connectivity index (χ0n) is 13.8. The van der Waals surface area contributed by atoms with E-state index in [0.29, 0.717) is 16.8 Å². The highest BCUT2D eigenvalue weighted by molar-refractivity contribution is 6.04. The smallest absolute Gasteiger partial charge is 0.349 e. The minimum atomic E-state index is -4.41. The van der Waals surface area contributed by atoms with E-state index < -0.39 is 17.6 Å². The molecule has 2 aromatic carbocycles. The van der Waals surface area contributed by atoms with E-state index in [1.807, 2.05) is 0 Å². The molecule has 0 unspecified atom stereocenters. The van der Waals surface area contributed by atoms with Crippen LogP contribution in [0.15, 0.2) is 48.5 Å². The monoisotopic (exact) mass is 362 g/mol. The van der Waals surface area contributed by atoms with E-state index in [1.54, 1.807) is 24.3 Å². The Hall–Kier alpha value is -2.83. The molecule has 1 aliphatic rings. The Morgan fingerprint density at radius 2 is 1.65 bits per heavy atom. The van der Waals surface area contributed by atoms with Crippen molar-refractivity contribution in [3.63, 3.8) is 0 Å². The predicted molar refractivity (Wildman–Crippen MR) is 90.7 cm³/mol. The van der Waals surface area contributed by atoms with Crippen molar-refractivity contribution >= 4 is 17.5 Å². The molecule has 2 N–H and O–H groups in total. The SMILES string of the molecule is O=C(Cc1ccc(C(F)(F)F)cc1)Nc1ccccc1C(=O)NC1CC1. The molecule has 1 fully saturated rings. The second-order valence-corrected chi connectivity index (χ2v) is 6.21. The minimum Gasteiger partial charge on any atom is -0.349 e. The second kappa shape index (κ2) is 7.19. The van der Waals surface area contributed by atoms with E-state index in [4.69, 9.17) is 0 Å². The van der Waals surface area contributed by atoms with Gasteiger partial charge in [-0.1, -0.05) is 24.3 Å². The third kappa shape index (κ3) is 4.62. The van der Waals surface area contributed by atoms with Crippen LogP contribution in [0.25, 0.3) is 0 Å². The van der Waals surface area contributed by atoms with Crippen molar-refractivity contribution in [1.29, 1.82) is 0 Å². The molecule has 0 bridgehead atoms. The molecule has 4 nitrogen and oxygen atoms in total. The van der Waals surface area contributed by atoms with Gasteiger partial charge in [-0.25, -0.2) is 0 Å². The lowest BCUT2D eigenvalue weighted by Gasteiger charge is -2.11. The maximum Gasteiger partial charge on any atom is 0.416 e. The molecule has 0 aromatic heterocycles. The van der Waals surface area contributed by atoms with E-state index in [9.17, 15) is 22.8 Å². The van der Waals surface area contributed by atoms with Crippen LogP contribution in [0.5, 0.6) is 0 Å². The highest BCUT2D eigenvalue weighted by Crippen LogP contribution is 2.29. The first-order valence-electron chi connectivity index (χ1n) is 8.19. The first kappa shape index (κ1) is 18.0. The van der Waals surface area contributed by atoms with Crippen LogP contribution in [-0.2, 0) is 17.4 Å². The fourth-order valence-corrected chi connectivity index (χ4v) is 2.47. The summed E-state index contributed by atoms with van der Waals surface area (Å²) in [5.74, 6) is -0.658.